The van der Waals surface area contributed by atoms with Crippen molar-refractivity contribution >= 4 is 12.2 Å². The average molecular weight is 558 g/mol. The van der Waals surface area contributed by atoms with Crippen molar-refractivity contribution in [2.45, 2.75) is 127 Å². The molecule has 0 aromatic rings. The Balaban J connectivity index is -0.00000116. The van der Waals surface area contributed by atoms with Gasteiger partial charge < -0.3 is 4.18 Å². The van der Waals surface area contributed by atoms with Crippen LogP contribution in [0.1, 0.15) is 127 Å². The minimum absolute atomic E-state index is 0.173. The van der Waals surface area contributed by atoms with Crippen molar-refractivity contribution in [3.63, 3.8) is 0 Å². The van der Waals surface area contributed by atoms with Gasteiger partial charge in [0.15, 0.2) is 0 Å². The van der Waals surface area contributed by atoms with Gasteiger partial charge in [0.05, 0.1) is 19.3 Å². The number of halogens is 1. The quantitative estimate of drug-likeness (QED) is 0.0944. The van der Waals surface area contributed by atoms with Gasteiger partial charge in [0.1, 0.15) is 5.83 Å². The second-order valence-corrected chi connectivity index (χ2v) is 13.1. The summed E-state index contributed by atoms with van der Waals surface area (Å²) in [5.41, 5.74) is 1.53. The summed E-state index contributed by atoms with van der Waals surface area (Å²) in [7, 11) is 5.49. The zero-order chi connectivity index (χ0) is 30.3. The van der Waals surface area contributed by atoms with Crippen LogP contribution < -0.4 is 0 Å². The first-order valence-corrected chi connectivity index (χ1v) is 16.0. The predicted molar refractivity (Wildman–Crippen MR) is 175 cm³/mol. The minimum Gasteiger partial charge on any atom is -0.304 e. The van der Waals surface area contributed by atoms with Crippen LogP contribution in [0.15, 0.2) is 36.2 Å². The summed E-state index contributed by atoms with van der Waals surface area (Å²) in [6, 6.07) is 0. The number of nitrogens with zero attached hydrogens (tertiary/aromatic N) is 1. The van der Waals surface area contributed by atoms with Crippen LogP contribution in [-0.2, 0) is 4.18 Å². The Kier molecular flexibility index (Phi) is 29.4. The number of hydrogen-bond acceptors (Lipinski definition) is 3. The molecule has 2 nitrogen and oxygen atoms in total. The number of allylic oxidation sites excluding steroid dienone is 4. The Morgan fingerprint density at radius 3 is 1.53 bits per heavy atom. The van der Waals surface area contributed by atoms with E-state index < -0.39 is 0 Å². The molecule has 0 aliphatic heterocycles. The fourth-order valence-corrected chi connectivity index (χ4v) is 4.01. The van der Waals surface area contributed by atoms with Crippen molar-refractivity contribution in [1.82, 2.24) is 4.31 Å². The molecule has 0 aromatic carbocycles. The van der Waals surface area contributed by atoms with Gasteiger partial charge in [-0.1, -0.05) is 121 Å². The van der Waals surface area contributed by atoms with Gasteiger partial charge in [-0.25, -0.2) is 8.70 Å². The third-order valence-corrected chi connectivity index (χ3v) is 8.15. The Morgan fingerprint density at radius 2 is 1.16 bits per heavy atom. The molecule has 0 amide bonds. The molecule has 0 aliphatic rings. The normalized spacial score (nSPS) is 16.2. The molecule has 228 valence electrons. The molecule has 0 spiro atoms. The topological polar surface area (TPSA) is 12.5 Å². The molecule has 0 bridgehead atoms. The van der Waals surface area contributed by atoms with Crippen LogP contribution in [0.2, 0.25) is 0 Å². The summed E-state index contributed by atoms with van der Waals surface area (Å²) >= 11 is 1.32. The summed E-state index contributed by atoms with van der Waals surface area (Å²) in [5.74, 6) is 3.32. The number of rotatable bonds is 18. The van der Waals surface area contributed by atoms with Crippen LogP contribution in [0.5, 0.6) is 0 Å². The molecule has 0 aliphatic carbocycles. The second kappa shape index (κ2) is 26.6. The van der Waals surface area contributed by atoms with Gasteiger partial charge in [0, 0.05) is 0 Å². The lowest BCUT2D eigenvalue weighted by Gasteiger charge is -2.23. The fraction of sp³-hybridized carbons (Fsp3) is 0.824. The summed E-state index contributed by atoms with van der Waals surface area (Å²) in [4.78, 5) is 0. The lowest BCUT2D eigenvalue weighted by Crippen LogP contribution is -2.11. The molecule has 0 N–H and O–H groups in total. The molecule has 0 rings (SSSR count). The van der Waals surface area contributed by atoms with Crippen molar-refractivity contribution in [2.75, 3.05) is 21.2 Å². The first kappa shape index (κ1) is 41.9. The third-order valence-electron chi connectivity index (χ3n) is 7.70. The van der Waals surface area contributed by atoms with E-state index in [0.717, 1.165) is 36.7 Å². The highest BCUT2D eigenvalue weighted by molar-refractivity contribution is 7.92. The molecule has 0 aromatic heterocycles. The maximum Gasteiger partial charge on any atom is 0.126 e. The molecule has 0 saturated heterocycles. The van der Waals surface area contributed by atoms with Crippen LogP contribution in [0.4, 0.5) is 4.39 Å². The summed E-state index contributed by atoms with van der Waals surface area (Å²) in [6.07, 6.45) is 12.4. The molecule has 38 heavy (non-hydrogen) atoms. The monoisotopic (exact) mass is 558 g/mol. The molecular weight excluding hydrogens is 489 g/mol. The highest BCUT2D eigenvalue weighted by Gasteiger charge is 2.17. The molecule has 0 heterocycles. The van der Waals surface area contributed by atoms with Gasteiger partial charge in [-0.05, 0) is 86.1 Å². The fourth-order valence-electron chi connectivity index (χ4n) is 3.71. The van der Waals surface area contributed by atoms with E-state index in [9.17, 15) is 4.39 Å². The zero-order valence-electron chi connectivity index (χ0n) is 28.0. The smallest absolute Gasteiger partial charge is 0.126 e. The van der Waals surface area contributed by atoms with E-state index >= 15 is 0 Å². The standard InChI is InChI=1S/C28H51F.C3H9NOS.C3H8/c1-11-20(3)13-15-22(5)23(6)17-18-24(7)26(9)19-28(29)27(10)25(8)16-14-21(4)12-2;1-4(2)6-5-3;1-3-2/h19-25H,9-18H2,1-8H3;1-3H3;3H2,1-2H3/b28-19+;;. The minimum atomic E-state index is -0.173. The molecule has 4 heteroatoms. The van der Waals surface area contributed by atoms with Gasteiger partial charge in [-0.2, -0.15) is 0 Å². The van der Waals surface area contributed by atoms with Crippen molar-refractivity contribution in [3.05, 3.63) is 36.2 Å². The Morgan fingerprint density at radius 1 is 0.763 bits per heavy atom. The zero-order valence-corrected chi connectivity index (χ0v) is 28.8. The van der Waals surface area contributed by atoms with E-state index in [4.69, 9.17) is 0 Å². The van der Waals surface area contributed by atoms with E-state index in [1.165, 1.54) is 50.8 Å². The van der Waals surface area contributed by atoms with Gasteiger partial charge in [-0.3, -0.25) is 0 Å². The summed E-state index contributed by atoms with van der Waals surface area (Å²) in [6.45, 7) is 30.6. The maximum atomic E-state index is 14.7. The molecule has 6 unspecified atom stereocenters. The lowest BCUT2D eigenvalue weighted by molar-refractivity contribution is 0.301. The van der Waals surface area contributed by atoms with Crippen LogP contribution in [0, 0.1) is 35.5 Å². The Hall–Kier alpha value is -0.580. The van der Waals surface area contributed by atoms with Crippen molar-refractivity contribution in [1.29, 1.82) is 0 Å². The molecule has 0 fully saturated rings. The van der Waals surface area contributed by atoms with E-state index in [0.29, 0.717) is 23.3 Å². The van der Waals surface area contributed by atoms with Gasteiger partial charge >= 0.3 is 0 Å². The van der Waals surface area contributed by atoms with Crippen molar-refractivity contribution in [2.24, 2.45) is 35.5 Å². The first-order valence-electron chi connectivity index (χ1n) is 15.3. The highest BCUT2D eigenvalue weighted by Crippen LogP contribution is 2.30. The van der Waals surface area contributed by atoms with E-state index in [1.54, 1.807) is 13.2 Å². The van der Waals surface area contributed by atoms with Crippen LogP contribution in [0.25, 0.3) is 0 Å². The van der Waals surface area contributed by atoms with Crippen LogP contribution in [-0.4, -0.2) is 25.5 Å². The summed E-state index contributed by atoms with van der Waals surface area (Å²) in [5, 5.41) is 0. The predicted octanol–water partition coefficient (Wildman–Crippen LogP) is 12.1. The van der Waals surface area contributed by atoms with Gasteiger partial charge in [-0.15, -0.1) is 0 Å². The number of hydrogen-bond donors (Lipinski definition) is 0. The van der Waals surface area contributed by atoms with Crippen molar-refractivity contribution in [3.8, 4) is 0 Å². The van der Waals surface area contributed by atoms with E-state index in [2.05, 4.69) is 86.6 Å². The molecule has 6 atom stereocenters. The molecular formula is C34H68FNOS. The average Bonchev–Trinajstić information content (AvgIpc) is 2.88. The maximum absolute atomic E-state index is 14.7. The van der Waals surface area contributed by atoms with Gasteiger partial charge in [0.25, 0.3) is 0 Å². The molecule has 0 radical (unpaired) electrons. The second-order valence-electron chi connectivity index (χ2n) is 11.9. The van der Waals surface area contributed by atoms with Crippen LogP contribution >= 0.6 is 12.2 Å². The Labute approximate surface area is 244 Å². The lowest BCUT2D eigenvalue weighted by atomic mass is 9.83. The summed E-state index contributed by atoms with van der Waals surface area (Å²) < 4.78 is 21.2. The van der Waals surface area contributed by atoms with E-state index in [1.807, 2.05) is 18.4 Å². The van der Waals surface area contributed by atoms with Crippen molar-refractivity contribution < 1.29 is 8.57 Å². The third kappa shape index (κ3) is 24.5. The Bertz CT molecular complexity index is 603. The van der Waals surface area contributed by atoms with Crippen LogP contribution in [0.3, 0.4) is 0 Å². The molecule has 0 saturated carbocycles. The highest BCUT2D eigenvalue weighted by atomic mass is 32.2. The van der Waals surface area contributed by atoms with Gasteiger partial charge in [0.2, 0.25) is 0 Å². The first-order chi connectivity index (χ1) is 17.7. The SMILES string of the molecule is C=C(/C=C(/F)C(=C)C(C)CCC(C)CC)C(C)CCC(C)C(C)CCC(C)CC.CCC.COSN(C)C. The largest absolute Gasteiger partial charge is 0.304 e. The van der Waals surface area contributed by atoms with E-state index in [-0.39, 0.29) is 11.7 Å².